The standard InChI is InChI=1S/C22H17N3.C12H8N2O4.CH2N.CN.Ru/c1-16-8-10-17(11-9-16)18-14-21(19-6-2-4-12-23-19)25-22(15-18)20-7-3-5-13-24-20;15-11(16)7-1-3-13-9(5-7)10-6-8(12(17)18)2-4-14-10;2*1-2;/h2-15H,1H3;1-6H,(H,15,16)(H,17,18);1H2;;/q;;2*-1;. The Balaban J connectivity index is 0.000000309. The zero-order valence-corrected chi connectivity index (χ0v) is 27.2. The van der Waals surface area contributed by atoms with Crippen LogP contribution in [0.1, 0.15) is 26.3 Å². The summed E-state index contributed by atoms with van der Waals surface area (Å²) in [6, 6.07) is 29.8. The van der Waals surface area contributed by atoms with Crippen LogP contribution in [0.25, 0.3) is 50.7 Å². The Morgan fingerprint density at radius 1 is 0.583 bits per heavy atom. The van der Waals surface area contributed by atoms with Crippen molar-refractivity contribution >= 4 is 18.7 Å². The molecular weight excluding hydrogens is 696 g/mol. The molecule has 0 radical (unpaired) electrons. The van der Waals surface area contributed by atoms with E-state index in [9.17, 15) is 9.59 Å². The van der Waals surface area contributed by atoms with Gasteiger partial charge in [0.25, 0.3) is 0 Å². The van der Waals surface area contributed by atoms with Crippen molar-refractivity contribution in [2.75, 3.05) is 0 Å². The van der Waals surface area contributed by atoms with E-state index in [2.05, 4.69) is 70.0 Å². The molecule has 6 rings (SSSR count). The number of nitrogens with zero attached hydrogens (tertiary/aromatic N) is 7. The average molecular weight is 723 g/mol. The molecule has 5 heterocycles. The van der Waals surface area contributed by atoms with Crippen LogP contribution in [0.2, 0.25) is 0 Å². The third-order valence-corrected chi connectivity index (χ3v) is 6.34. The van der Waals surface area contributed by atoms with Crippen LogP contribution in [0.15, 0.2) is 122 Å². The van der Waals surface area contributed by atoms with E-state index in [0.29, 0.717) is 11.4 Å². The second-order valence-electron chi connectivity index (χ2n) is 9.39. The molecule has 11 nitrogen and oxygen atoms in total. The van der Waals surface area contributed by atoms with Crippen molar-refractivity contribution < 1.29 is 39.3 Å². The fourth-order valence-electron chi connectivity index (χ4n) is 4.14. The predicted octanol–water partition coefficient (Wildman–Crippen LogP) is 7.07. The number of carboxylic acids is 2. The zero-order valence-electron chi connectivity index (χ0n) is 25.4. The summed E-state index contributed by atoms with van der Waals surface area (Å²) < 4.78 is 0. The SMILES string of the molecule is C=[N-].Cc1ccc(-c2cc(-c3ccccn3)nc(-c3ccccn3)c2)cc1.O=C(O)c1ccnc(-c2cc(C(=O)O)ccn2)c1.[C-]#N.[Ru]. The van der Waals surface area contributed by atoms with Crippen LogP contribution in [-0.2, 0) is 19.5 Å². The Morgan fingerprint density at radius 2 is 1.00 bits per heavy atom. The molecule has 0 atom stereocenters. The summed E-state index contributed by atoms with van der Waals surface area (Å²) in [5.41, 5.74) is 7.69. The number of benzene rings is 1. The number of pyridine rings is 5. The Morgan fingerprint density at radius 3 is 1.38 bits per heavy atom. The molecule has 0 aliphatic heterocycles. The molecule has 6 aromatic rings. The molecule has 12 heteroatoms. The molecule has 0 bridgehead atoms. The van der Waals surface area contributed by atoms with E-state index in [4.69, 9.17) is 32.4 Å². The molecule has 0 amide bonds. The summed E-state index contributed by atoms with van der Waals surface area (Å²) in [6.07, 6.45) is 6.26. The van der Waals surface area contributed by atoms with E-state index in [0.717, 1.165) is 33.9 Å². The van der Waals surface area contributed by atoms with Gasteiger partial charge in [0.15, 0.2) is 0 Å². The molecule has 0 aliphatic carbocycles. The van der Waals surface area contributed by atoms with Gasteiger partial charge in [-0.05, 0) is 78.7 Å². The van der Waals surface area contributed by atoms with Crippen LogP contribution >= 0.6 is 0 Å². The van der Waals surface area contributed by atoms with Gasteiger partial charge in [-0.25, -0.2) is 21.3 Å². The Hall–Kier alpha value is -6.31. The number of aromatic carboxylic acids is 2. The first-order valence-electron chi connectivity index (χ1n) is 13.7. The molecule has 0 spiro atoms. The molecule has 1 aromatic carbocycles. The molecule has 0 saturated heterocycles. The molecule has 5 aromatic heterocycles. The van der Waals surface area contributed by atoms with Crippen LogP contribution in [0.5, 0.6) is 0 Å². The van der Waals surface area contributed by atoms with Crippen molar-refractivity contribution in [3.05, 3.63) is 151 Å². The first kappa shape index (κ1) is 37.9. The molecule has 240 valence electrons. The van der Waals surface area contributed by atoms with Crippen molar-refractivity contribution in [3.63, 3.8) is 0 Å². The van der Waals surface area contributed by atoms with Gasteiger partial charge in [0.2, 0.25) is 0 Å². The van der Waals surface area contributed by atoms with Crippen molar-refractivity contribution in [3.8, 4) is 45.3 Å². The van der Waals surface area contributed by atoms with E-state index in [-0.39, 0.29) is 30.6 Å². The average Bonchev–Trinajstić information content (AvgIpc) is 3.14. The van der Waals surface area contributed by atoms with E-state index < -0.39 is 11.9 Å². The second-order valence-corrected chi connectivity index (χ2v) is 9.39. The van der Waals surface area contributed by atoms with Crippen LogP contribution < -0.4 is 0 Å². The van der Waals surface area contributed by atoms with Crippen molar-refractivity contribution in [2.45, 2.75) is 6.92 Å². The van der Waals surface area contributed by atoms with E-state index >= 15 is 0 Å². The second kappa shape index (κ2) is 19.3. The van der Waals surface area contributed by atoms with Crippen molar-refractivity contribution in [1.82, 2.24) is 24.9 Å². The summed E-state index contributed by atoms with van der Waals surface area (Å²) >= 11 is 0. The molecule has 48 heavy (non-hydrogen) atoms. The van der Waals surface area contributed by atoms with Gasteiger partial charge in [-0.15, -0.1) is 0 Å². The Labute approximate surface area is 290 Å². The summed E-state index contributed by atoms with van der Waals surface area (Å²) in [4.78, 5) is 43.3. The third-order valence-electron chi connectivity index (χ3n) is 6.34. The quantitative estimate of drug-likeness (QED) is 0.102. The van der Waals surface area contributed by atoms with E-state index in [1.807, 2.05) is 36.4 Å². The number of aryl methyl sites for hydroxylation is 1. The number of rotatable bonds is 6. The van der Waals surface area contributed by atoms with Crippen LogP contribution in [-0.4, -0.2) is 53.8 Å². The van der Waals surface area contributed by atoms with Crippen molar-refractivity contribution in [2.24, 2.45) is 0 Å². The number of hydrogen-bond acceptors (Lipinski definition) is 8. The van der Waals surface area contributed by atoms with E-state index in [1.54, 1.807) is 12.4 Å². The van der Waals surface area contributed by atoms with Gasteiger partial charge in [0.05, 0.1) is 45.3 Å². The number of carbonyl (C=O) groups is 2. The minimum atomic E-state index is -1.08. The van der Waals surface area contributed by atoms with E-state index in [1.165, 1.54) is 42.2 Å². The molecular formula is C36H27N7O4Ru-2. The first-order valence-corrected chi connectivity index (χ1v) is 13.7. The van der Waals surface area contributed by atoms with Crippen LogP contribution in [0, 0.1) is 18.8 Å². The first-order chi connectivity index (χ1) is 22.9. The topological polar surface area (TPSA) is 185 Å². The summed E-state index contributed by atoms with van der Waals surface area (Å²) in [7, 11) is 0. The minimum absolute atomic E-state index is 0. The number of aromatic nitrogens is 5. The molecule has 0 fully saturated rings. The fourth-order valence-corrected chi connectivity index (χ4v) is 4.14. The van der Waals surface area contributed by atoms with Gasteiger partial charge in [0.1, 0.15) is 0 Å². The minimum Gasteiger partial charge on any atom is -0.817 e. The molecule has 2 N–H and O–H groups in total. The van der Waals surface area contributed by atoms with Gasteiger partial charge in [-0.2, -0.15) is 0 Å². The van der Waals surface area contributed by atoms with Gasteiger partial charge >= 0.3 is 11.9 Å². The number of carboxylic acid groups (broad SMARTS) is 2. The maximum absolute atomic E-state index is 10.8. The third kappa shape index (κ3) is 10.4. The molecule has 0 saturated carbocycles. The Bertz CT molecular complexity index is 1840. The number of hydrogen-bond donors (Lipinski definition) is 2. The monoisotopic (exact) mass is 723 g/mol. The van der Waals surface area contributed by atoms with Gasteiger partial charge < -0.3 is 27.5 Å². The summed E-state index contributed by atoms with van der Waals surface area (Å²) in [6.45, 7) is 9.09. The maximum Gasteiger partial charge on any atom is 0.335 e. The maximum atomic E-state index is 10.8. The van der Waals surface area contributed by atoms with Gasteiger partial charge in [-0.1, -0.05) is 42.0 Å². The largest absolute Gasteiger partial charge is 0.817 e. The fraction of sp³-hybridized carbons (Fsp3) is 0.0278. The summed E-state index contributed by atoms with van der Waals surface area (Å²) in [5.74, 6) is -2.15. The van der Waals surface area contributed by atoms with Gasteiger partial charge in [-0.3, -0.25) is 19.9 Å². The zero-order chi connectivity index (χ0) is 34.2. The molecule has 0 unspecified atom stereocenters. The van der Waals surface area contributed by atoms with Crippen LogP contribution in [0.3, 0.4) is 0 Å². The van der Waals surface area contributed by atoms with Gasteiger partial charge in [0, 0.05) is 44.3 Å². The predicted molar refractivity (Wildman–Crippen MR) is 178 cm³/mol. The van der Waals surface area contributed by atoms with Crippen LogP contribution in [0.4, 0.5) is 0 Å². The van der Waals surface area contributed by atoms with Crippen molar-refractivity contribution in [1.29, 1.82) is 5.26 Å². The smallest absolute Gasteiger partial charge is 0.335 e. The summed E-state index contributed by atoms with van der Waals surface area (Å²) in [5, 5.41) is 30.7. The Kier molecular flexibility index (Phi) is 15.2. The normalized spacial score (nSPS) is 9.40. The molecule has 0 aliphatic rings.